The molecule has 1 saturated heterocycles. The fourth-order valence-electron chi connectivity index (χ4n) is 3.18. The largest absolute Gasteiger partial charge is 0.386 e. The summed E-state index contributed by atoms with van der Waals surface area (Å²) in [6.07, 6.45) is 1.83. The van der Waals surface area contributed by atoms with E-state index in [4.69, 9.17) is 0 Å². The van der Waals surface area contributed by atoms with Gasteiger partial charge in [0.1, 0.15) is 11.4 Å². The average Bonchev–Trinajstić information content (AvgIpc) is 3.01. The molecule has 1 atom stereocenters. The van der Waals surface area contributed by atoms with Crippen molar-refractivity contribution >= 4 is 11.9 Å². The highest BCUT2D eigenvalue weighted by Gasteiger charge is 2.52. The summed E-state index contributed by atoms with van der Waals surface area (Å²) < 4.78 is 13.6. The molecule has 1 aromatic carbocycles. The zero-order valence-electron chi connectivity index (χ0n) is 11.5. The summed E-state index contributed by atoms with van der Waals surface area (Å²) in [4.78, 5) is 25.4. The number of carbonyl (C=O) groups excluding carboxylic acids is 2. The molecule has 0 aromatic heterocycles. The molecule has 1 aromatic rings. The number of urea groups is 1. The Morgan fingerprint density at radius 2 is 1.95 bits per heavy atom. The number of β-amino-alcohol motifs (C(OH)–C–C–N with tert-alkyl or cyclic N) is 1. The summed E-state index contributed by atoms with van der Waals surface area (Å²) >= 11 is 0. The number of amides is 3. The zero-order chi connectivity index (χ0) is 15.0. The van der Waals surface area contributed by atoms with E-state index >= 15 is 0 Å². The first-order chi connectivity index (χ1) is 10.0. The van der Waals surface area contributed by atoms with Crippen molar-refractivity contribution in [2.75, 3.05) is 6.54 Å². The van der Waals surface area contributed by atoms with E-state index in [1.165, 1.54) is 18.2 Å². The van der Waals surface area contributed by atoms with Gasteiger partial charge in [-0.05, 0) is 18.9 Å². The fraction of sp³-hybridized carbons (Fsp3) is 0.467. The Kier molecular flexibility index (Phi) is 3.41. The number of halogens is 1. The molecule has 3 amide bonds. The number of nitrogens with one attached hydrogen (secondary N) is 1. The van der Waals surface area contributed by atoms with E-state index in [-0.39, 0.29) is 18.0 Å². The Balaban J connectivity index is 1.77. The van der Waals surface area contributed by atoms with Crippen LogP contribution in [-0.2, 0) is 4.79 Å². The van der Waals surface area contributed by atoms with Gasteiger partial charge >= 0.3 is 6.03 Å². The molecule has 21 heavy (non-hydrogen) atoms. The number of benzene rings is 1. The molecule has 0 radical (unpaired) electrons. The Hall–Kier alpha value is -1.95. The molecule has 1 aliphatic carbocycles. The molecule has 5 nitrogen and oxygen atoms in total. The van der Waals surface area contributed by atoms with E-state index in [9.17, 15) is 19.1 Å². The predicted molar refractivity (Wildman–Crippen MR) is 72.8 cm³/mol. The van der Waals surface area contributed by atoms with E-state index in [2.05, 4.69) is 5.32 Å². The highest BCUT2D eigenvalue weighted by atomic mass is 19.1. The van der Waals surface area contributed by atoms with Crippen molar-refractivity contribution in [3.63, 3.8) is 0 Å². The van der Waals surface area contributed by atoms with Gasteiger partial charge in [0.25, 0.3) is 5.91 Å². The molecule has 2 fully saturated rings. The molecule has 1 unspecified atom stereocenters. The molecule has 2 aliphatic rings. The number of hydrogen-bond acceptors (Lipinski definition) is 3. The van der Waals surface area contributed by atoms with Gasteiger partial charge in [0, 0.05) is 5.56 Å². The predicted octanol–water partition coefficient (Wildman–Crippen LogP) is 1.72. The van der Waals surface area contributed by atoms with E-state index in [1.807, 2.05) is 0 Å². The van der Waals surface area contributed by atoms with Crippen LogP contribution in [0.1, 0.15) is 37.4 Å². The van der Waals surface area contributed by atoms with Gasteiger partial charge in [-0.1, -0.05) is 31.0 Å². The van der Waals surface area contributed by atoms with Gasteiger partial charge in [0.05, 0.1) is 12.6 Å². The summed E-state index contributed by atoms with van der Waals surface area (Å²) in [7, 11) is 0. The van der Waals surface area contributed by atoms with E-state index in [0.29, 0.717) is 12.8 Å². The van der Waals surface area contributed by atoms with Crippen LogP contribution in [0.3, 0.4) is 0 Å². The molecule has 112 valence electrons. The quantitative estimate of drug-likeness (QED) is 0.833. The summed E-state index contributed by atoms with van der Waals surface area (Å²) in [6.45, 7) is -0.229. The third kappa shape index (κ3) is 2.29. The van der Waals surface area contributed by atoms with Crippen molar-refractivity contribution in [2.24, 2.45) is 0 Å². The van der Waals surface area contributed by atoms with Gasteiger partial charge in [0.15, 0.2) is 0 Å². The van der Waals surface area contributed by atoms with Crippen LogP contribution in [0.2, 0.25) is 0 Å². The van der Waals surface area contributed by atoms with Gasteiger partial charge in [-0.15, -0.1) is 0 Å². The molecule has 3 rings (SSSR count). The van der Waals surface area contributed by atoms with Crippen LogP contribution in [-0.4, -0.2) is 34.0 Å². The molecule has 1 saturated carbocycles. The number of aliphatic hydroxyl groups is 1. The molecule has 1 aliphatic heterocycles. The minimum atomic E-state index is -1.22. The maximum atomic E-state index is 13.6. The monoisotopic (exact) mass is 292 g/mol. The maximum Gasteiger partial charge on any atom is 0.325 e. The smallest absolute Gasteiger partial charge is 0.325 e. The number of carbonyl (C=O) groups is 2. The zero-order valence-corrected chi connectivity index (χ0v) is 11.5. The Morgan fingerprint density at radius 3 is 2.62 bits per heavy atom. The van der Waals surface area contributed by atoms with Crippen molar-refractivity contribution in [3.8, 4) is 0 Å². The number of hydrogen-bond donors (Lipinski definition) is 2. The first kappa shape index (κ1) is 14.0. The number of aliphatic hydroxyl groups excluding tert-OH is 1. The second kappa shape index (κ2) is 5.11. The minimum Gasteiger partial charge on any atom is -0.386 e. The molecule has 6 heteroatoms. The highest BCUT2D eigenvalue weighted by Crippen LogP contribution is 2.35. The van der Waals surface area contributed by atoms with Gasteiger partial charge < -0.3 is 10.4 Å². The van der Waals surface area contributed by atoms with Crippen LogP contribution in [0.15, 0.2) is 24.3 Å². The first-order valence-corrected chi connectivity index (χ1v) is 7.10. The fourth-order valence-corrected chi connectivity index (χ4v) is 3.18. The van der Waals surface area contributed by atoms with Crippen LogP contribution in [0.25, 0.3) is 0 Å². The van der Waals surface area contributed by atoms with Crippen LogP contribution >= 0.6 is 0 Å². The van der Waals surface area contributed by atoms with Crippen LogP contribution in [0.4, 0.5) is 9.18 Å². The van der Waals surface area contributed by atoms with Gasteiger partial charge in [-0.25, -0.2) is 9.18 Å². The lowest BCUT2D eigenvalue weighted by molar-refractivity contribution is -0.132. The Morgan fingerprint density at radius 1 is 1.29 bits per heavy atom. The Bertz CT molecular complexity index is 584. The number of rotatable bonds is 3. The summed E-state index contributed by atoms with van der Waals surface area (Å²) in [5, 5.41) is 12.8. The van der Waals surface area contributed by atoms with Crippen molar-refractivity contribution < 1.29 is 19.1 Å². The third-order valence-electron chi connectivity index (χ3n) is 4.32. The number of imide groups is 1. The minimum absolute atomic E-state index is 0.0884. The molecular weight excluding hydrogens is 275 g/mol. The summed E-state index contributed by atoms with van der Waals surface area (Å²) in [6, 6.07) is 5.31. The molecule has 1 spiro atoms. The lowest BCUT2D eigenvalue weighted by Gasteiger charge is -2.21. The van der Waals surface area contributed by atoms with Crippen molar-refractivity contribution in [1.82, 2.24) is 10.2 Å². The summed E-state index contributed by atoms with van der Waals surface area (Å²) in [5.41, 5.74) is -0.711. The maximum absolute atomic E-state index is 13.6. The molecule has 2 N–H and O–H groups in total. The second-order valence-electron chi connectivity index (χ2n) is 5.67. The standard InChI is InChI=1S/C15H17FN2O3/c16-11-6-2-1-5-10(11)12(19)9-18-13(20)15(17-14(18)21)7-3-4-8-15/h1-2,5-6,12,19H,3-4,7-9H2,(H,17,21). The first-order valence-electron chi connectivity index (χ1n) is 7.10. The number of nitrogens with zero attached hydrogens (tertiary/aromatic N) is 1. The van der Waals surface area contributed by atoms with Gasteiger partial charge in [-0.3, -0.25) is 9.69 Å². The van der Waals surface area contributed by atoms with E-state index < -0.39 is 23.5 Å². The molecular formula is C15H17FN2O3. The lowest BCUT2D eigenvalue weighted by Crippen LogP contribution is -2.44. The van der Waals surface area contributed by atoms with Crippen molar-refractivity contribution in [2.45, 2.75) is 37.3 Å². The van der Waals surface area contributed by atoms with E-state index in [1.54, 1.807) is 6.07 Å². The third-order valence-corrected chi connectivity index (χ3v) is 4.32. The van der Waals surface area contributed by atoms with Crippen LogP contribution < -0.4 is 5.32 Å². The topological polar surface area (TPSA) is 69.6 Å². The second-order valence-corrected chi connectivity index (χ2v) is 5.67. The SMILES string of the molecule is O=C1NC2(CCCC2)C(=O)N1CC(O)c1ccccc1F. The van der Waals surface area contributed by atoms with Crippen molar-refractivity contribution in [3.05, 3.63) is 35.6 Å². The van der Waals surface area contributed by atoms with Crippen LogP contribution in [0.5, 0.6) is 0 Å². The van der Waals surface area contributed by atoms with Gasteiger partial charge in [0.2, 0.25) is 0 Å². The average molecular weight is 292 g/mol. The highest BCUT2D eigenvalue weighted by molar-refractivity contribution is 6.07. The van der Waals surface area contributed by atoms with Crippen molar-refractivity contribution in [1.29, 1.82) is 0 Å². The summed E-state index contributed by atoms with van der Waals surface area (Å²) in [5.74, 6) is -0.854. The molecule has 0 bridgehead atoms. The van der Waals surface area contributed by atoms with Crippen LogP contribution in [0, 0.1) is 5.82 Å². The lowest BCUT2D eigenvalue weighted by atomic mass is 9.98. The normalized spacial score (nSPS) is 21.9. The van der Waals surface area contributed by atoms with Gasteiger partial charge in [-0.2, -0.15) is 0 Å². The van der Waals surface area contributed by atoms with E-state index in [0.717, 1.165) is 17.7 Å². The Labute approximate surface area is 121 Å². The molecule has 1 heterocycles.